The van der Waals surface area contributed by atoms with Crippen molar-refractivity contribution in [1.29, 1.82) is 0 Å². The van der Waals surface area contributed by atoms with Crippen LogP contribution < -0.4 is 5.32 Å². The minimum atomic E-state index is 0.144. The molecule has 0 saturated carbocycles. The fourth-order valence-corrected chi connectivity index (χ4v) is 3.79. The smallest absolute Gasteiger partial charge is 0.127 e. The summed E-state index contributed by atoms with van der Waals surface area (Å²) in [5, 5.41) is 13.2. The van der Waals surface area contributed by atoms with Gasteiger partial charge in [0.05, 0.1) is 25.4 Å². The molecule has 2 heterocycles. The Balaban J connectivity index is 2.05. The van der Waals surface area contributed by atoms with E-state index in [2.05, 4.69) is 28.1 Å². The third-order valence-corrected chi connectivity index (χ3v) is 4.56. The SMILES string of the molecule is OCc1ccc2c(c1)c1c3n2CC[NH2+][C@@H]3CCC1. The second-order valence-electron chi connectivity index (χ2n) is 5.55. The molecule has 3 N–H and O–H groups in total. The van der Waals surface area contributed by atoms with Crippen LogP contribution in [0.4, 0.5) is 0 Å². The Morgan fingerprint density at radius 2 is 2.33 bits per heavy atom. The lowest BCUT2D eigenvalue weighted by Gasteiger charge is -2.27. The maximum atomic E-state index is 9.32. The zero-order valence-corrected chi connectivity index (χ0v) is 10.5. The third kappa shape index (κ3) is 1.32. The highest BCUT2D eigenvalue weighted by atomic mass is 16.3. The van der Waals surface area contributed by atoms with Gasteiger partial charge in [-0.25, -0.2) is 0 Å². The molecule has 1 aromatic carbocycles. The van der Waals surface area contributed by atoms with E-state index in [9.17, 15) is 5.11 Å². The summed E-state index contributed by atoms with van der Waals surface area (Å²) >= 11 is 0. The number of rotatable bonds is 1. The van der Waals surface area contributed by atoms with Crippen LogP contribution >= 0.6 is 0 Å². The monoisotopic (exact) mass is 243 g/mol. The van der Waals surface area contributed by atoms with Crippen LogP contribution in [0.3, 0.4) is 0 Å². The van der Waals surface area contributed by atoms with Crippen molar-refractivity contribution in [2.75, 3.05) is 6.54 Å². The van der Waals surface area contributed by atoms with Gasteiger partial charge in [-0.2, -0.15) is 0 Å². The molecule has 3 heteroatoms. The lowest BCUT2D eigenvalue weighted by Crippen LogP contribution is -2.88. The van der Waals surface area contributed by atoms with Crippen molar-refractivity contribution < 1.29 is 10.4 Å². The predicted molar refractivity (Wildman–Crippen MR) is 70.3 cm³/mol. The molecule has 0 bridgehead atoms. The summed E-state index contributed by atoms with van der Waals surface area (Å²) in [5.41, 5.74) is 5.52. The van der Waals surface area contributed by atoms with Crippen molar-refractivity contribution >= 4 is 10.9 Å². The molecule has 0 spiro atoms. The standard InChI is InChI=1S/C15H18N2O/c18-9-10-4-5-14-12(8-10)11-2-1-3-13-15(11)17(14)7-6-16-13/h4-5,8,13,16,18H,1-3,6-7,9H2/p+1/t13-/m1/s1. The second kappa shape index (κ2) is 3.84. The van der Waals surface area contributed by atoms with Crippen molar-refractivity contribution in [2.45, 2.75) is 38.5 Å². The van der Waals surface area contributed by atoms with Crippen LogP contribution in [0.2, 0.25) is 0 Å². The molecule has 3 nitrogen and oxygen atoms in total. The first-order valence-electron chi connectivity index (χ1n) is 6.96. The first-order chi connectivity index (χ1) is 8.88. The number of quaternary nitrogens is 1. The van der Waals surface area contributed by atoms with Gasteiger partial charge in [0.25, 0.3) is 0 Å². The minimum absolute atomic E-state index is 0.144. The molecular formula is C15H19N2O+. The van der Waals surface area contributed by atoms with Gasteiger partial charge < -0.3 is 15.0 Å². The minimum Gasteiger partial charge on any atom is -0.392 e. The summed E-state index contributed by atoms with van der Waals surface area (Å²) < 4.78 is 2.52. The number of aromatic nitrogens is 1. The normalized spacial score (nSPS) is 22.2. The number of benzene rings is 1. The van der Waals surface area contributed by atoms with Gasteiger partial charge in [0.2, 0.25) is 0 Å². The molecule has 1 atom stereocenters. The summed E-state index contributed by atoms with van der Waals surface area (Å²) in [7, 11) is 0. The van der Waals surface area contributed by atoms with E-state index in [1.54, 1.807) is 11.3 Å². The Labute approximate surface area is 106 Å². The average molecular weight is 243 g/mol. The van der Waals surface area contributed by atoms with Gasteiger partial charge >= 0.3 is 0 Å². The Hall–Kier alpha value is -1.32. The summed E-state index contributed by atoms with van der Waals surface area (Å²) in [5.74, 6) is 0. The van der Waals surface area contributed by atoms with Crippen molar-refractivity contribution in [3.8, 4) is 0 Å². The fraction of sp³-hybridized carbons (Fsp3) is 0.467. The molecule has 1 aliphatic carbocycles. The van der Waals surface area contributed by atoms with Crippen LogP contribution in [0.5, 0.6) is 0 Å². The van der Waals surface area contributed by atoms with E-state index in [-0.39, 0.29) is 6.61 Å². The molecule has 4 rings (SSSR count). The van der Waals surface area contributed by atoms with Crippen LogP contribution in [0.15, 0.2) is 18.2 Å². The summed E-state index contributed by atoms with van der Waals surface area (Å²) in [4.78, 5) is 0. The number of aliphatic hydroxyl groups is 1. The molecule has 0 saturated heterocycles. The summed E-state index contributed by atoms with van der Waals surface area (Å²) in [6.45, 7) is 2.47. The van der Waals surface area contributed by atoms with E-state index in [0.717, 1.165) is 12.1 Å². The number of fused-ring (bicyclic) bond motifs is 3. The zero-order chi connectivity index (χ0) is 12.1. The van der Waals surface area contributed by atoms with Gasteiger partial charge in [-0.3, -0.25) is 0 Å². The first kappa shape index (κ1) is 10.6. The molecule has 2 aliphatic rings. The number of aliphatic hydroxyl groups excluding tert-OH is 1. The molecule has 0 amide bonds. The Kier molecular flexibility index (Phi) is 2.26. The first-order valence-corrected chi connectivity index (χ1v) is 6.96. The number of aryl methyl sites for hydroxylation is 1. The van der Waals surface area contributed by atoms with Gasteiger partial charge in [-0.05, 0) is 36.1 Å². The third-order valence-electron chi connectivity index (χ3n) is 4.56. The fourth-order valence-electron chi connectivity index (χ4n) is 3.79. The van der Waals surface area contributed by atoms with Crippen molar-refractivity contribution in [3.63, 3.8) is 0 Å². The van der Waals surface area contributed by atoms with E-state index < -0.39 is 0 Å². The van der Waals surface area contributed by atoms with E-state index in [0.29, 0.717) is 6.04 Å². The molecule has 1 aromatic heterocycles. The molecule has 94 valence electrons. The van der Waals surface area contributed by atoms with Crippen LogP contribution in [0.25, 0.3) is 10.9 Å². The van der Waals surface area contributed by atoms with E-state index in [1.165, 1.54) is 36.7 Å². The topological polar surface area (TPSA) is 41.8 Å². The van der Waals surface area contributed by atoms with Crippen LogP contribution in [-0.2, 0) is 19.6 Å². The molecule has 1 aliphatic heterocycles. The highest BCUT2D eigenvalue weighted by Crippen LogP contribution is 2.37. The Morgan fingerprint density at radius 3 is 3.22 bits per heavy atom. The molecule has 0 fully saturated rings. The van der Waals surface area contributed by atoms with Crippen LogP contribution in [0, 0.1) is 0 Å². The van der Waals surface area contributed by atoms with Gasteiger partial charge in [-0.15, -0.1) is 0 Å². The van der Waals surface area contributed by atoms with Crippen molar-refractivity contribution in [2.24, 2.45) is 0 Å². The van der Waals surface area contributed by atoms with E-state index in [4.69, 9.17) is 0 Å². The molecule has 2 aromatic rings. The quantitative estimate of drug-likeness (QED) is 0.773. The van der Waals surface area contributed by atoms with Crippen LogP contribution in [-0.4, -0.2) is 16.2 Å². The Morgan fingerprint density at radius 1 is 1.39 bits per heavy atom. The van der Waals surface area contributed by atoms with Gasteiger partial charge in [-0.1, -0.05) is 6.07 Å². The van der Waals surface area contributed by atoms with Crippen molar-refractivity contribution in [1.82, 2.24) is 4.57 Å². The number of hydrogen-bond donors (Lipinski definition) is 2. The predicted octanol–water partition coefficient (Wildman–Crippen LogP) is 1.09. The maximum absolute atomic E-state index is 9.32. The van der Waals surface area contributed by atoms with Crippen LogP contribution in [0.1, 0.15) is 35.7 Å². The molecule has 0 radical (unpaired) electrons. The molecule has 0 unspecified atom stereocenters. The number of hydrogen-bond acceptors (Lipinski definition) is 1. The van der Waals surface area contributed by atoms with Crippen molar-refractivity contribution in [3.05, 3.63) is 35.0 Å². The van der Waals surface area contributed by atoms with Gasteiger partial charge in [0, 0.05) is 17.3 Å². The van der Waals surface area contributed by atoms with Gasteiger partial charge in [0.1, 0.15) is 6.04 Å². The zero-order valence-electron chi connectivity index (χ0n) is 10.5. The Bertz CT molecular complexity index is 612. The summed E-state index contributed by atoms with van der Waals surface area (Å²) in [6.07, 6.45) is 3.82. The van der Waals surface area contributed by atoms with E-state index in [1.807, 2.05) is 0 Å². The maximum Gasteiger partial charge on any atom is 0.127 e. The second-order valence-corrected chi connectivity index (χ2v) is 5.55. The molecule has 18 heavy (non-hydrogen) atoms. The highest BCUT2D eigenvalue weighted by Gasteiger charge is 2.32. The lowest BCUT2D eigenvalue weighted by atomic mass is 9.90. The van der Waals surface area contributed by atoms with Gasteiger partial charge in [0.15, 0.2) is 0 Å². The molecular weight excluding hydrogens is 224 g/mol. The lowest BCUT2D eigenvalue weighted by molar-refractivity contribution is -0.704. The number of nitrogens with zero attached hydrogens (tertiary/aromatic N) is 1. The highest BCUT2D eigenvalue weighted by molar-refractivity contribution is 5.86. The largest absolute Gasteiger partial charge is 0.392 e. The average Bonchev–Trinajstić information content (AvgIpc) is 2.76. The summed E-state index contributed by atoms with van der Waals surface area (Å²) in [6, 6.07) is 7.12. The van der Waals surface area contributed by atoms with E-state index >= 15 is 0 Å². The number of nitrogens with two attached hydrogens (primary N) is 1.